The molecule has 3 rings (SSSR count). The average Bonchev–Trinajstić information content (AvgIpc) is 3.29. The Kier molecular flexibility index (Phi) is 5.66. The number of aromatic carboxylic acids is 1. The molecule has 0 bridgehead atoms. The Balaban J connectivity index is 1.54. The minimum atomic E-state index is -4.42. The standard InChI is InChI=1S/C18H16F3N5O3/c19-18(20,21)13-3-1-2-12(10-13)11-26-8-5-15(24-26)22-16(27)6-9-25-7-4-14(23-25)17(28)29/h1-5,7-8,10H,6,9,11H2,(H,28,29)(H,22,24,27). The number of carboxylic acids is 1. The molecule has 0 saturated carbocycles. The molecule has 11 heteroatoms. The van der Waals surface area contributed by atoms with E-state index in [1.807, 2.05) is 0 Å². The maximum Gasteiger partial charge on any atom is 0.416 e. The third-order valence-corrected chi connectivity index (χ3v) is 3.93. The first-order chi connectivity index (χ1) is 13.7. The minimum Gasteiger partial charge on any atom is -0.476 e. The quantitative estimate of drug-likeness (QED) is 0.627. The fraction of sp³-hybridized carbons (Fsp3) is 0.222. The highest BCUT2D eigenvalue weighted by Crippen LogP contribution is 2.29. The van der Waals surface area contributed by atoms with Gasteiger partial charge in [0.2, 0.25) is 5.91 Å². The van der Waals surface area contributed by atoms with Crippen LogP contribution in [0.15, 0.2) is 48.8 Å². The predicted molar refractivity (Wildman–Crippen MR) is 95.2 cm³/mol. The number of anilines is 1. The average molecular weight is 407 g/mol. The van der Waals surface area contributed by atoms with Crippen LogP contribution in [-0.2, 0) is 24.1 Å². The van der Waals surface area contributed by atoms with Crippen LogP contribution in [0.25, 0.3) is 0 Å². The number of carbonyl (C=O) groups is 2. The zero-order valence-electron chi connectivity index (χ0n) is 14.9. The van der Waals surface area contributed by atoms with Crippen molar-refractivity contribution in [2.75, 3.05) is 5.32 Å². The van der Waals surface area contributed by atoms with E-state index in [0.717, 1.165) is 12.1 Å². The third kappa shape index (κ3) is 5.43. The summed E-state index contributed by atoms with van der Waals surface area (Å²) in [6.07, 6.45) is -1.37. The van der Waals surface area contributed by atoms with Crippen LogP contribution in [0.1, 0.15) is 28.0 Å². The number of aryl methyl sites for hydroxylation is 1. The van der Waals surface area contributed by atoms with Crippen LogP contribution >= 0.6 is 0 Å². The van der Waals surface area contributed by atoms with Crippen LogP contribution in [0.3, 0.4) is 0 Å². The highest BCUT2D eigenvalue weighted by Gasteiger charge is 2.30. The van der Waals surface area contributed by atoms with E-state index in [4.69, 9.17) is 5.11 Å². The van der Waals surface area contributed by atoms with Gasteiger partial charge in [0, 0.05) is 31.4 Å². The molecule has 8 nitrogen and oxygen atoms in total. The van der Waals surface area contributed by atoms with Gasteiger partial charge >= 0.3 is 12.1 Å². The second kappa shape index (κ2) is 8.17. The van der Waals surface area contributed by atoms with Gasteiger partial charge in [-0.1, -0.05) is 12.1 Å². The van der Waals surface area contributed by atoms with Crippen molar-refractivity contribution in [2.24, 2.45) is 0 Å². The lowest BCUT2D eigenvalue weighted by Gasteiger charge is -2.08. The summed E-state index contributed by atoms with van der Waals surface area (Å²) in [6.45, 7) is 0.301. The van der Waals surface area contributed by atoms with E-state index >= 15 is 0 Å². The van der Waals surface area contributed by atoms with Crippen LogP contribution in [0.2, 0.25) is 0 Å². The van der Waals surface area contributed by atoms with Gasteiger partial charge in [-0.05, 0) is 23.8 Å². The number of nitrogens with zero attached hydrogens (tertiary/aromatic N) is 4. The predicted octanol–water partition coefficient (Wildman–Crippen LogP) is 2.87. The van der Waals surface area contributed by atoms with Gasteiger partial charge in [0.05, 0.1) is 12.1 Å². The van der Waals surface area contributed by atoms with Crippen LogP contribution in [0.5, 0.6) is 0 Å². The third-order valence-electron chi connectivity index (χ3n) is 3.93. The highest BCUT2D eigenvalue weighted by atomic mass is 19.4. The smallest absolute Gasteiger partial charge is 0.416 e. The summed E-state index contributed by atoms with van der Waals surface area (Å²) in [7, 11) is 0. The van der Waals surface area contributed by atoms with E-state index in [2.05, 4.69) is 15.5 Å². The molecule has 1 amide bonds. The highest BCUT2D eigenvalue weighted by molar-refractivity contribution is 5.89. The van der Waals surface area contributed by atoms with Crippen LogP contribution in [0.4, 0.5) is 19.0 Å². The molecule has 0 unspecified atom stereocenters. The Morgan fingerprint density at radius 2 is 1.83 bits per heavy atom. The van der Waals surface area contributed by atoms with Crippen LogP contribution in [0, 0.1) is 0 Å². The van der Waals surface area contributed by atoms with Gasteiger partial charge in [-0.15, -0.1) is 0 Å². The Hall–Kier alpha value is -3.63. The second-order valence-electron chi connectivity index (χ2n) is 6.16. The first kappa shape index (κ1) is 20.1. The van der Waals surface area contributed by atoms with Gasteiger partial charge in [-0.3, -0.25) is 14.2 Å². The number of benzene rings is 1. The molecule has 0 atom stereocenters. The Bertz CT molecular complexity index is 1030. The molecule has 3 aromatic rings. The summed E-state index contributed by atoms with van der Waals surface area (Å²) in [5.74, 6) is -1.25. The van der Waals surface area contributed by atoms with Gasteiger partial charge in [-0.2, -0.15) is 23.4 Å². The zero-order valence-corrected chi connectivity index (χ0v) is 14.9. The lowest BCUT2D eigenvalue weighted by molar-refractivity contribution is -0.137. The molecule has 0 spiro atoms. The summed E-state index contributed by atoms with van der Waals surface area (Å²) in [6, 6.07) is 7.80. The number of alkyl halides is 3. The molecule has 0 saturated heterocycles. The van der Waals surface area contributed by atoms with Crippen molar-refractivity contribution < 1.29 is 27.9 Å². The topological polar surface area (TPSA) is 102 Å². The molecule has 29 heavy (non-hydrogen) atoms. The normalized spacial score (nSPS) is 11.4. The van der Waals surface area contributed by atoms with Crippen molar-refractivity contribution in [3.8, 4) is 0 Å². The first-order valence-electron chi connectivity index (χ1n) is 8.47. The van der Waals surface area contributed by atoms with Crippen molar-refractivity contribution >= 4 is 17.7 Å². The number of halogens is 3. The Morgan fingerprint density at radius 3 is 2.52 bits per heavy atom. The summed E-state index contributed by atoms with van der Waals surface area (Å²) < 4.78 is 41.1. The second-order valence-corrected chi connectivity index (χ2v) is 6.16. The van der Waals surface area contributed by atoms with Crippen molar-refractivity contribution in [1.29, 1.82) is 0 Å². The molecule has 2 N–H and O–H groups in total. The molecule has 0 aliphatic heterocycles. The van der Waals surface area contributed by atoms with Crippen LogP contribution in [-0.4, -0.2) is 36.5 Å². The number of hydrogen-bond acceptors (Lipinski definition) is 4. The molecular weight excluding hydrogens is 391 g/mol. The van der Waals surface area contributed by atoms with Crippen molar-refractivity contribution in [3.63, 3.8) is 0 Å². The Morgan fingerprint density at radius 1 is 1.07 bits per heavy atom. The summed E-state index contributed by atoms with van der Waals surface area (Å²) in [5, 5.41) is 19.3. The largest absolute Gasteiger partial charge is 0.476 e. The SMILES string of the molecule is O=C(CCn1ccc(C(=O)O)n1)Nc1ccn(Cc2cccc(C(F)(F)F)c2)n1. The van der Waals surface area contributed by atoms with E-state index < -0.39 is 17.7 Å². The van der Waals surface area contributed by atoms with Gasteiger partial charge in [-0.25, -0.2) is 4.79 Å². The number of carbonyl (C=O) groups excluding carboxylic acids is 1. The van der Waals surface area contributed by atoms with E-state index in [0.29, 0.717) is 5.56 Å². The monoisotopic (exact) mass is 407 g/mol. The van der Waals surface area contributed by atoms with Crippen LogP contribution < -0.4 is 5.32 Å². The number of aromatic nitrogens is 4. The molecular formula is C18H16F3N5O3. The fourth-order valence-corrected chi connectivity index (χ4v) is 2.57. The first-order valence-corrected chi connectivity index (χ1v) is 8.47. The maximum atomic E-state index is 12.8. The number of amides is 1. The van der Waals surface area contributed by atoms with Crippen molar-refractivity contribution in [2.45, 2.75) is 25.7 Å². The zero-order chi connectivity index (χ0) is 21.0. The van der Waals surface area contributed by atoms with E-state index in [-0.39, 0.29) is 36.9 Å². The summed E-state index contributed by atoms with van der Waals surface area (Å²) in [4.78, 5) is 22.8. The molecule has 0 aliphatic carbocycles. The molecule has 0 radical (unpaired) electrons. The van der Waals surface area contributed by atoms with Crippen molar-refractivity contribution in [3.05, 3.63) is 65.6 Å². The molecule has 2 aromatic heterocycles. The van der Waals surface area contributed by atoms with E-state index in [1.54, 1.807) is 12.3 Å². The fourth-order valence-electron chi connectivity index (χ4n) is 2.57. The van der Waals surface area contributed by atoms with Gasteiger partial charge < -0.3 is 10.4 Å². The lowest BCUT2D eigenvalue weighted by Crippen LogP contribution is -2.15. The van der Waals surface area contributed by atoms with Gasteiger partial charge in [0.25, 0.3) is 0 Å². The number of nitrogens with one attached hydrogen (secondary N) is 1. The molecule has 1 aromatic carbocycles. The Labute approximate surface area is 162 Å². The lowest BCUT2D eigenvalue weighted by atomic mass is 10.1. The molecule has 0 aliphatic rings. The molecule has 152 valence electrons. The number of carboxylic acid groups (broad SMARTS) is 1. The molecule has 0 fully saturated rings. The number of rotatable bonds is 7. The van der Waals surface area contributed by atoms with E-state index in [9.17, 15) is 22.8 Å². The summed E-state index contributed by atoms with van der Waals surface area (Å²) in [5.41, 5.74) is -0.423. The van der Waals surface area contributed by atoms with Gasteiger partial charge in [0.1, 0.15) is 0 Å². The van der Waals surface area contributed by atoms with Gasteiger partial charge in [0.15, 0.2) is 11.5 Å². The summed E-state index contributed by atoms with van der Waals surface area (Å²) >= 11 is 0. The van der Waals surface area contributed by atoms with E-state index in [1.165, 1.54) is 33.8 Å². The van der Waals surface area contributed by atoms with Crippen molar-refractivity contribution in [1.82, 2.24) is 19.6 Å². The number of hydrogen-bond donors (Lipinski definition) is 2. The maximum absolute atomic E-state index is 12.8. The minimum absolute atomic E-state index is 0.0429. The molecule has 2 heterocycles.